The lowest BCUT2D eigenvalue weighted by Crippen LogP contribution is -2.55. The van der Waals surface area contributed by atoms with E-state index in [1.807, 2.05) is 93.4 Å². The Morgan fingerprint density at radius 1 is 0.933 bits per heavy atom. The first-order valence-corrected chi connectivity index (χ1v) is 16.6. The highest BCUT2D eigenvalue weighted by Gasteiger charge is 2.34. The van der Waals surface area contributed by atoms with Crippen LogP contribution < -0.4 is 16.0 Å². The summed E-state index contributed by atoms with van der Waals surface area (Å²) in [4.78, 5) is 42.2. The number of unbranched alkanes of at least 4 members (excludes halogenated alkanes) is 1. The van der Waals surface area contributed by atoms with Gasteiger partial charge >= 0.3 is 6.09 Å². The number of rotatable bonds is 17. The van der Waals surface area contributed by atoms with E-state index in [4.69, 9.17) is 4.74 Å². The van der Waals surface area contributed by atoms with Gasteiger partial charge in [-0.05, 0) is 75.1 Å². The molecule has 1 aliphatic rings. The summed E-state index contributed by atoms with van der Waals surface area (Å²) >= 11 is 0. The first kappa shape index (κ1) is 36.0. The molecule has 45 heavy (non-hydrogen) atoms. The van der Waals surface area contributed by atoms with Crippen LogP contribution in [0.15, 0.2) is 60.7 Å². The zero-order valence-corrected chi connectivity index (χ0v) is 27.5. The molecular formula is C36H54N4O5. The summed E-state index contributed by atoms with van der Waals surface area (Å²) in [5.41, 5.74) is 1.90. The number of carbonyl (C=O) groups excluding carboxylic acids is 3. The number of hydrogen-bond acceptors (Lipinski definition) is 6. The minimum absolute atomic E-state index is 0.0567. The van der Waals surface area contributed by atoms with Crippen LogP contribution >= 0.6 is 0 Å². The number of piperidine rings is 1. The maximum atomic E-state index is 14.0. The van der Waals surface area contributed by atoms with Crippen molar-refractivity contribution in [2.45, 2.75) is 83.9 Å². The standard InChI is InChI=1S/C36H54N4O5/c1-5-6-21-45-36(44)38-31(23-28-15-11-8-12-16-28)32(41)24-30(22-27-13-9-7-10-14-27)34(42)39-33(26(2)3)35(43)40-19-17-29(18-20-40)25-37-4/h7-16,26,29-33,37,41H,5-6,17-25H2,1-4H3,(H,38,44)(H,39,42)/t30-,31?,32+,33-/m0/s1. The normalized spacial score (nSPS) is 16.4. The van der Waals surface area contributed by atoms with Crippen LogP contribution in [0.3, 0.4) is 0 Å². The summed E-state index contributed by atoms with van der Waals surface area (Å²) in [6.45, 7) is 8.50. The number of nitrogens with zero attached hydrogens (tertiary/aromatic N) is 1. The van der Waals surface area contributed by atoms with E-state index in [1.54, 1.807) is 0 Å². The molecule has 0 spiro atoms. The van der Waals surface area contributed by atoms with Crippen LogP contribution in [0.2, 0.25) is 0 Å². The average Bonchev–Trinajstić information content (AvgIpc) is 3.04. The van der Waals surface area contributed by atoms with Crippen LogP contribution in [-0.2, 0) is 27.2 Å². The summed E-state index contributed by atoms with van der Waals surface area (Å²) in [5.74, 6) is -0.528. The highest BCUT2D eigenvalue weighted by molar-refractivity contribution is 5.89. The minimum Gasteiger partial charge on any atom is -0.450 e. The Kier molecular flexibility index (Phi) is 15.4. The van der Waals surface area contributed by atoms with Gasteiger partial charge in [0.15, 0.2) is 0 Å². The van der Waals surface area contributed by atoms with Gasteiger partial charge in [0.1, 0.15) is 6.04 Å². The van der Waals surface area contributed by atoms with Crippen molar-refractivity contribution in [3.63, 3.8) is 0 Å². The van der Waals surface area contributed by atoms with E-state index in [0.29, 0.717) is 38.5 Å². The molecule has 0 aliphatic carbocycles. The van der Waals surface area contributed by atoms with Crippen LogP contribution in [0, 0.1) is 17.8 Å². The number of hydrogen-bond donors (Lipinski definition) is 4. The molecule has 4 atom stereocenters. The SMILES string of the molecule is CCCCOC(=O)NC(Cc1ccccc1)[C@H](O)C[C@H](Cc1ccccc1)C(=O)N[C@H](C(=O)N1CCC(CNC)CC1)C(C)C. The van der Waals surface area contributed by atoms with Crippen molar-refractivity contribution in [3.8, 4) is 0 Å². The molecule has 0 aromatic heterocycles. The first-order valence-electron chi connectivity index (χ1n) is 16.6. The zero-order valence-electron chi connectivity index (χ0n) is 27.5. The number of aliphatic hydroxyl groups excluding tert-OH is 1. The maximum Gasteiger partial charge on any atom is 0.407 e. The van der Waals surface area contributed by atoms with Crippen molar-refractivity contribution in [2.24, 2.45) is 17.8 Å². The predicted molar refractivity (Wildman–Crippen MR) is 178 cm³/mol. The lowest BCUT2D eigenvalue weighted by molar-refractivity contribution is -0.140. The molecule has 9 nitrogen and oxygen atoms in total. The van der Waals surface area contributed by atoms with Gasteiger partial charge in [-0.3, -0.25) is 9.59 Å². The molecule has 0 bridgehead atoms. The number of benzene rings is 2. The summed E-state index contributed by atoms with van der Waals surface area (Å²) < 4.78 is 5.35. The molecule has 248 valence electrons. The molecule has 1 aliphatic heterocycles. The van der Waals surface area contributed by atoms with Gasteiger partial charge in [0.25, 0.3) is 0 Å². The third-order valence-corrected chi connectivity index (χ3v) is 8.67. The Morgan fingerprint density at radius 2 is 1.53 bits per heavy atom. The lowest BCUT2D eigenvalue weighted by Gasteiger charge is -2.36. The predicted octanol–water partition coefficient (Wildman–Crippen LogP) is 4.33. The summed E-state index contributed by atoms with van der Waals surface area (Å²) in [6, 6.07) is 18.0. The van der Waals surface area contributed by atoms with E-state index in [1.165, 1.54) is 0 Å². The second-order valence-electron chi connectivity index (χ2n) is 12.7. The minimum atomic E-state index is -1.04. The number of likely N-dealkylation sites (tertiary alicyclic amines) is 1. The third-order valence-electron chi connectivity index (χ3n) is 8.67. The van der Waals surface area contributed by atoms with Crippen molar-refractivity contribution >= 4 is 17.9 Å². The van der Waals surface area contributed by atoms with Gasteiger partial charge in [-0.25, -0.2) is 4.79 Å². The Hall–Kier alpha value is -3.43. The Balaban J connectivity index is 1.77. The first-order chi connectivity index (χ1) is 21.7. The smallest absolute Gasteiger partial charge is 0.407 e. The quantitative estimate of drug-likeness (QED) is 0.195. The Morgan fingerprint density at radius 3 is 2.09 bits per heavy atom. The fourth-order valence-electron chi connectivity index (χ4n) is 5.92. The summed E-state index contributed by atoms with van der Waals surface area (Å²) in [5, 5.41) is 20.7. The lowest BCUT2D eigenvalue weighted by atomic mass is 9.88. The summed E-state index contributed by atoms with van der Waals surface area (Å²) in [6.07, 6.45) is 2.76. The molecule has 1 unspecified atom stereocenters. The molecule has 9 heteroatoms. The van der Waals surface area contributed by atoms with Gasteiger partial charge < -0.3 is 30.7 Å². The fourth-order valence-corrected chi connectivity index (χ4v) is 5.92. The third kappa shape index (κ3) is 12.1. The molecule has 2 aromatic carbocycles. The van der Waals surface area contributed by atoms with Crippen molar-refractivity contribution in [2.75, 3.05) is 33.3 Å². The van der Waals surface area contributed by atoms with Gasteiger partial charge in [-0.2, -0.15) is 0 Å². The van der Waals surface area contributed by atoms with E-state index >= 15 is 0 Å². The number of nitrogens with one attached hydrogen (secondary N) is 3. The van der Waals surface area contributed by atoms with Gasteiger partial charge in [-0.1, -0.05) is 87.9 Å². The molecular weight excluding hydrogens is 568 g/mol. The topological polar surface area (TPSA) is 120 Å². The number of amides is 3. The van der Waals surface area contributed by atoms with Crippen LogP contribution in [0.4, 0.5) is 4.79 Å². The van der Waals surface area contributed by atoms with Crippen molar-refractivity contribution in [1.29, 1.82) is 0 Å². The molecule has 0 radical (unpaired) electrons. The van der Waals surface area contributed by atoms with Gasteiger partial charge in [0.05, 0.1) is 18.8 Å². The fraction of sp³-hybridized carbons (Fsp3) is 0.583. The van der Waals surface area contributed by atoms with Crippen LogP contribution in [0.1, 0.15) is 64.0 Å². The van der Waals surface area contributed by atoms with Gasteiger partial charge in [0, 0.05) is 19.0 Å². The second kappa shape index (κ2) is 19.2. The molecule has 2 aromatic rings. The number of carbonyl (C=O) groups is 3. The second-order valence-corrected chi connectivity index (χ2v) is 12.7. The Labute approximate surface area is 269 Å². The molecule has 1 fully saturated rings. The zero-order chi connectivity index (χ0) is 32.6. The monoisotopic (exact) mass is 622 g/mol. The van der Waals surface area contributed by atoms with E-state index in [9.17, 15) is 19.5 Å². The largest absolute Gasteiger partial charge is 0.450 e. The number of ether oxygens (including phenoxy) is 1. The molecule has 3 amide bonds. The molecule has 0 saturated carbocycles. The van der Waals surface area contributed by atoms with Gasteiger partial charge in [-0.15, -0.1) is 0 Å². The highest BCUT2D eigenvalue weighted by Crippen LogP contribution is 2.22. The summed E-state index contributed by atoms with van der Waals surface area (Å²) in [7, 11) is 1.95. The molecule has 1 heterocycles. The van der Waals surface area contributed by atoms with Crippen LogP contribution in [0.5, 0.6) is 0 Å². The molecule has 4 N–H and O–H groups in total. The van der Waals surface area contributed by atoms with E-state index in [0.717, 1.165) is 43.4 Å². The maximum absolute atomic E-state index is 14.0. The van der Waals surface area contributed by atoms with Crippen LogP contribution in [-0.4, -0.2) is 79.4 Å². The van der Waals surface area contributed by atoms with Crippen LogP contribution in [0.25, 0.3) is 0 Å². The Bertz CT molecular complexity index is 1150. The number of aliphatic hydroxyl groups is 1. The van der Waals surface area contributed by atoms with Gasteiger partial charge in [0.2, 0.25) is 11.8 Å². The van der Waals surface area contributed by atoms with E-state index in [-0.39, 0.29) is 24.2 Å². The highest BCUT2D eigenvalue weighted by atomic mass is 16.5. The average molecular weight is 623 g/mol. The molecule has 3 rings (SSSR count). The van der Waals surface area contributed by atoms with E-state index in [2.05, 4.69) is 16.0 Å². The number of alkyl carbamates (subject to hydrolysis) is 1. The molecule has 1 saturated heterocycles. The van der Waals surface area contributed by atoms with E-state index < -0.39 is 30.2 Å². The van der Waals surface area contributed by atoms with Crippen molar-refractivity contribution < 1.29 is 24.2 Å². The van der Waals surface area contributed by atoms with Crippen molar-refractivity contribution in [3.05, 3.63) is 71.8 Å². The van der Waals surface area contributed by atoms with Crippen molar-refractivity contribution in [1.82, 2.24) is 20.9 Å².